The summed E-state index contributed by atoms with van der Waals surface area (Å²) in [7, 11) is 3.15. The third-order valence-corrected chi connectivity index (χ3v) is 3.05. The smallest absolute Gasteiger partial charge is 0.323 e. The first-order chi connectivity index (χ1) is 9.22. The number of hydrogen-bond donors (Lipinski definition) is 1. The van der Waals surface area contributed by atoms with Gasteiger partial charge in [0.25, 0.3) is 0 Å². The van der Waals surface area contributed by atoms with E-state index in [0.29, 0.717) is 12.4 Å². The van der Waals surface area contributed by atoms with Gasteiger partial charge in [-0.3, -0.25) is 5.32 Å². The summed E-state index contributed by atoms with van der Waals surface area (Å²) in [6.45, 7) is 1.33. The molecule has 0 spiro atoms. The highest BCUT2D eigenvalue weighted by atomic mass is 16.5. The summed E-state index contributed by atoms with van der Waals surface area (Å²) in [5.41, 5.74) is 0. The van der Waals surface area contributed by atoms with Crippen LogP contribution in [-0.4, -0.2) is 54.3 Å². The molecule has 0 saturated carbocycles. The summed E-state index contributed by atoms with van der Waals surface area (Å²) >= 11 is 0. The Morgan fingerprint density at radius 3 is 3.11 bits per heavy atom. The minimum atomic E-state index is -0.178. The summed E-state index contributed by atoms with van der Waals surface area (Å²) in [5, 5.41) is 2.73. The second kappa shape index (κ2) is 6.33. The van der Waals surface area contributed by atoms with E-state index in [1.165, 1.54) is 13.3 Å². The van der Waals surface area contributed by atoms with E-state index >= 15 is 0 Å². The third kappa shape index (κ3) is 3.54. The lowest BCUT2D eigenvalue weighted by Gasteiger charge is -2.31. The number of ether oxygens (including phenoxy) is 2. The van der Waals surface area contributed by atoms with Crippen LogP contribution < -0.4 is 10.1 Å². The Kier molecular flexibility index (Phi) is 4.51. The largest absolute Gasteiger partial charge is 0.467 e. The Morgan fingerprint density at radius 1 is 1.53 bits per heavy atom. The highest BCUT2D eigenvalue weighted by molar-refractivity contribution is 5.88. The molecule has 1 atom stereocenters. The molecule has 2 rings (SSSR count). The number of carbonyl (C=O) groups is 1. The van der Waals surface area contributed by atoms with E-state index in [9.17, 15) is 4.79 Å². The first-order valence-corrected chi connectivity index (χ1v) is 6.18. The molecule has 1 fully saturated rings. The summed E-state index contributed by atoms with van der Waals surface area (Å²) in [6.07, 6.45) is 3.58. The van der Waals surface area contributed by atoms with Crippen LogP contribution in [0.25, 0.3) is 0 Å². The SMILES string of the molecule is COc1nccc(NC(=O)N2CCC[C@@H](OC)C2)n1. The van der Waals surface area contributed by atoms with Crippen molar-refractivity contribution in [2.24, 2.45) is 0 Å². The second-order valence-electron chi connectivity index (χ2n) is 4.30. The zero-order chi connectivity index (χ0) is 13.7. The van der Waals surface area contributed by atoms with E-state index in [0.717, 1.165) is 19.4 Å². The standard InChI is InChI=1S/C12H18N4O3/c1-18-9-4-3-7-16(8-9)12(17)15-10-5-6-13-11(14-10)19-2/h5-6,9H,3-4,7-8H2,1-2H3,(H,13,14,15,17)/t9-/m1/s1. The molecule has 1 aromatic heterocycles. The van der Waals surface area contributed by atoms with E-state index in [4.69, 9.17) is 9.47 Å². The van der Waals surface area contributed by atoms with Gasteiger partial charge in [-0.15, -0.1) is 0 Å². The minimum absolute atomic E-state index is 0.111. The van der Waals surface area contributed by atoms with E-state index in [2.05, 4.69) is 15.3 Å². The monoisotopic (exact) mass is 266 g/mol. The molecule has 7 heteroatoms. The maximum Gasteiger partial charge on any atom is 0.323 e. The number of likely N-dealkylation sites (tertiary alicyclic amines) is 1. The van der Waals surface area contributed by atoms with Gasteiger partial charge >= 0.3 is 12.0 Å². The number of anilines is 1. The molecule has 0 unspecified atom stereocenters. The van der Waals surface area contributed by atoms with Gasteiger partial charge in [0, 0.05) is 26.4 Å². The fraction of sp³-hybridized carbons (Fsp3) is 0.583. The quantitative estimate of drug-likeness (QED) is 0.887. The van der Waals surface area contributed by atoms with Crippen LogP contribution in [0.1, 0.15) is 12.8 Å². The maximum absolute atomic E-state index is 12.1. The molecule has 1 aromatic rings. The van der Waals surface area contributed by atoms with Crippen molar-refractivity contribution in [1.82, 2.24) is 14.9 Å². The molecule has 1 N–H and O–H groups in total. The highest BCUT2D eigenvalue weighted by Gasteiger charge is 2.23. The zero-order valence-corrected chi connectivity index (χ0v) is 11.1. The van der Waals surface area contributed by atoms with E-state index < -0.39 is 0 Å². The van der Waals surface area contributed by atoms with Crippen LogP contribution in [0.15, 0.2) is 12.3 Å². The zero-order valence-electron chi connectivity index (χ0n) is 11.1. The van der Waals surface area contributed by atoms with Gasteiger partial charge in [-0.25, -0.2) is 9.78 Å². The van der Waals surface area contributed by atoms with Gasteiger partial charge < -0.3 is 14.4 Å². The summed E-state index contributed by atoms with van der Waals surface area (Å²) in [4.78, 5) is 21.7. The molecule has 1 aliphatic rings. The number of hydrogen-bond acceptors (Lipinski definition) is 5. The van der Waals surface area contributed by atoms with Gasteiger partial charge in [0.05, 0.1) is 13.2 Å². The number of aromatic nitrogens is 2. The van der Waals surface area contributed by atoms with E-state index in [1.807, 2.05) is 0 Å². The molecule has 0 aromatic carbocycles. The molecule has 0 bridgehead atoms. The molecule has 0 radical (unpaired) electrons. The summed E-state index contributed by atoms with van der Waals surface area (Å²) < 4.78 is 10.2. The van der Waals surface area contributed by atoms with Gasteiger partial charge in [-0.05, 0) is 18.9 Å². The van der Waals surface area contributed by atoms with Crippen LogP contribution >= 0.6 is 0 Å². The van der Waals surface area contributed by atoms with Crippen molar-refractivity contribution in [3.63, 3.8) is 0 Å². The number of methoxy groups -OCH3 is 2. The molecular formula is C12H18N4O3. The van der Waals surface area contributed by atoms with Crippen molar-refractivity contribution in [1.29, 1.82) is 0 Å². The average Bonchev–Trinajstić information content (AvgIpc) is 2.47. The van der Waals surface area contributed by atoms with Crippen molar-refractivity contribution in [3.8, 4) is 6.01 Å². The summed E-state index contributed by atoms with van der Waals surface area (Å²) in [6, 6.07) is 1.67. The first-order valence-electron chi connectivity index (χ1n) is 6.18. The molecular weight excluding hydrogens is 248 g/mol. The average molecular weight is 266 g/mol. The van der Waals surface area contributed by atoms with Gasteiger partial charge in [0.2, 0.25) is 0 Å². The predicted molar refractivity (Wildman–Crippen MR) is 69.2 cm³/mol. The minimum Gasteiger partial charge on any atom is -0.467 e. The van der Waals surface area contributed by atoms with Crippen LogP contribution in [0.2, 0.25) is 0 Å². The van der Waals surface area contributed by atoms with Crippen LogP contribution in [0.5, 0.6) is 6.01 Å². The van der Waals surface area contributed by atoms with Crippen LogP contribution in [0.3, 0.4) is 0 Å². The Labute approximate surface area is 111 Å². The maximum atomic E-state index is 12.1. The van der Waals surface area contributed by atoms with Crippen LogP contribution in [0.4, 0.5) is 10.6 Å². The first kappa shape index (κ1) is 13.5. The van der Waals surface area contributed by atoms with Crippen molar-refractivity contribution in [2.45, 2.75) is 18.9 Å². The number of carbonyl (C=O) groups excluding carboxylic acids is 1. The van der Waals surface area contributed by atoms with Crippen molar-refractivity contribution in [3.05, 3.63) is 12.3 Å². The highest BCUT2D eigenvalue weighted by Crippen LogP contribution is 2.14. The molecule has 1 saturated heterocycles. The number of amides is 2. The van der Waals surface area contributed by atoms with Crippen LogP contribution in [-0.2, 0) is 4.74 Å². The van der Waals surface area contributed by atoms with Gasteiger partial charge in [-0.1, -0.05) is 0 Å². The molecule has 2 amide bonds. The topological polar surface area (TPSA) is 76.6 Å². The number of nitrogens with one attached hydrogen (secondary N) is 1. The number of urea groups is 1. The Hall–Kier alpha value is -1.89. The lowest BCUT2D eigenvalue weighted by molar-refractivity contribution is 0.0458. The number of piperidine rings is 1. The fourth-order valence-corrected chi connectivity index (χ4v) is 2.01. The molecule has 2 heterocycles. The predicted octanol–water partition coefficient (Wildman–Crippen LogP) is 1.13. The van der Waals surface area contributed by atoms with Gasteiger partial charge in [-0.2, -0.15) is 4.98 Å². The summed E-state index contributed by atoms with van der Waals surface area (Å²) in [5.74, 6) is 0.427. The molecule has 1 aliphatic heterocycles. The molecule has 7 nitrogen and oxygen atoms in total. The van der Waals surface area contributed by atoms with Crippen molar-refractivity contribution >= 4 is 11.8 Å². The lowest BCUT2D eigenvalue weighted by Crippen LogP contribution is -2.45. The molecule has 104 valence electrons. The van der Waals surface area contributed by atoms with Crippen LogP contribution in [0, 0.1) is 0 Å². The normalized spacial score (nSPS) is 19.1. The lowest BCUT2D eigenvalue weighted by atomic mass is 10.1. The van der Waals surface area contributed by atoms with Gasteiger partial charge in [0.1, 0.15) is 5.82 Å². The Bertz CT molecular complexity index is 441. The third-order valence-electron chi connectivity index (χ3n) is 3.05. The van der Waals surface area contributed by atoms with Gasteiger partial charge in [0.15, 0.2) is 0 Å². The van der Waals surface area contributed by atoms with E-state index in [-0.39, 0.29) is 18.1 Å². The number of nitrogens with zero attached hydrogens (tertiary/aromatic N) is 3. The molecule has 19 heavy (non-hydrogen) atoms. The number of rotatable bonds is 3. The fourth-order valence-electron chi connectivity index (χ4n) is 2.01. The van der Waals surface area contributed by atoms with Crippen molar-refractivity contribution in [2.75, 3.05) is 32.6 Å². The molecule has 0 aliphatic carbocycles. The Morgan fingerprint density at radius 2 is 2.37 bits per heavy atom. The second-order valence-corrected chi connectivity index (χ2v) is 4.30. The van der Waals surface area contributed by atoms with E-state index in [1.54, 1.807) is 18.1 Å². The Balaban J connectivity index is 1.96. The van der Waals surface area contributed by atoms with Crippen molar-refractivity contribution < 1.29 is 14.3 Å².